The van der Waals surface area contributed by atoms with Crippen LogP contribution in [-0.4, -0.2) is 21.8 Å². The molecule has 0 unspecified atom stereocenters. The molecule has 1 saturated heterocycles. The molecule has 188 valence electrons. The Balaban J connectivity index is 1.73. The monoisotopic (exact) mass is 510 g/mol. The zero-order valence-electron chi connectivity index (χ0n) is 21.9. The Bertz CT molecular complexity index is 1570. The van der Waals surface area contributed by atoms with Gasteiger partial charge in [-0.3, -0.25) is 14.5 Å². The summed E-state index contributed by atoms with van der Waals surface area (Å²) < 4.78 is 0.953. The van der Waals surface area contributed by atoms with Crippen molar-refractivity contribution in [3.05, 3.63) is 99.6 Å². The van der Waals surface area contributed by atoms with Crippen molar-refractivity contribution in [2.24, 2.45) is 0 Å². The van der Waals surface area contributed by atoms with Gasteiger partial charge in [-0.25, -0.2) is 4.98 Å². The molecule has 1 aliphatic rings. The summed E-state index contributed by atoms with van der Waals surface area (Å²) in [5.74, 6) is -1.58. The van der Waals surface area contributed by atoms with Crippen molar-refractivity contribution in [1.29, 1.82) is 0 Å². The van der Waals surface area contributed by atoms with Crippen LogP contribution in [0.4, 0.5) is 5.13 Å². The maximum Gasteiger partial charge on any atom is 0.301 e. The van der Waals surface area contributed by atoms with Gasteiger partial charge >= 0.3 is 5.91 Å². The van der Waals surface area contributed by atoms with E-state index < -0.39 is 17.7 Å². The molecular formula is C31H30N2O3S. The summed E-state index contributed by atoms with van der Waals surface area (Å²) in [6.45, 7) is 12.4. The molecule has 2 heterocycles. The molecule has 1 aromatic heterocycles. The number of aliphatic hydroxyl groups is 1. The molecule has 0 saturated carbocycles. The SMILES string of the molecule is Cc1ccc(C(O)=C2C(=O)C(=O)N(c3nc4c(C)cc(C)cc4s3)[C@H]2c2ccc(C(C)(C)C)cc2)cc1. The van der Waals surface area contributed by atoms with E-state index in [-0.39, 0.29) is 16.7 Å². The largest absolute Gasteiger partial charge is 0.507 e. The molecule has 1 atom stereocenters. The molecule has 0 radical (unpaired) electrons. The van der Waals surface area contributed by atoms with Gasteiger partial charge in [0.25, 0.3) is 5.78 Å². The highest BCUT2D eigenvalue weighted by molar-refractivity contribution is 7.22. The van der Waals surface area contributed by atoms with Crippen molar-refractivity contribution in [1.82, 2.24) is 4.98 Å². The van der Waals surface area contributed by atoms with E-state index in [0.29, 0.717) is 10.7 Å². The van der Waals surface area contributed by atoms with Crippen LogP contribution >= 0.6 is 11.3 Å². The Morgan fingerprint density at radius 1 is 0.919 bits per heavy atom. The molecule has 4 aromatic rings. The lowest BCUT2D eigenvalue weighted by atomic mass is 9.85. The third-order valence-corrected chi connectivity index (χ3v) is 7.89. The minimum absolute atomic E-state index is 0.0509. The van der Waals surface area contributed by atoms with E-state index in [1.807, 2.05) is 63.2 Å². The lowest BCUT2D eigenvalue weighted by Gasteiger charge is -2.24. The Morgan fingerprint density at radius 3 is 2.19 bits per heavy atom. The number of amides is 1. The van der Waals surface area contributed by atoms with E-state index in [4.69, 9.17) is 4.98 Å². The zero-order chi connectivity index (χ0) is 26.6. The van der Waals surface area contributed by atoms with Crippen molar-refractivity contribution in [3.8, 4) is 0 Å². The third kappa shape index (κ3) is 4.36. The number of Topliss-reactive ketones (excluding diaryl/α,β-unsaturated/α-hetero) is 1. The molecule has 1 N–H and O–H groups in total. The molecule has 6 heteroatoms. The molecule has 0 spiro atoms. The highest BCUT2D eigenvalue weighted by Crippen LogP contribution is 2.45. The smallest absolute Gasteiger partial charge is 0.301 e. The number of aryl methyl sites for hydroxylation is 3. The number of hydrogen-bond donors (Lipinski definition) is 1. The Hall–Kier alpha value is -3.77. The highest BCUT2D eigenvalue weighted by atomic mass is 32.1. The van der Waals surface area contributed by atoms with Crippen LogP contribution in [0.3, 0.4) is 0 Å². The summed E-state index contributed by atoms with van der Waals surface area (Å²) in [5.41, 5.74) is 6.37. The van der Waals surface area contributed by atoms with Crippen molar-refractivity contribution < 1.29 is 14.7 Å². The van der Waals surface area contributed by atoms with Crippen LogP contribution in [0.5, 0.6) is 0 Å². The van der Waals surface area contributed by atoms with Crippen molar-refractivity contribution in [3.63, 3.8) is 0 Å². The van der Waals surface area contributed by atoms with E-state index >= 15 is 0 Å². The molecule has 5 rings (SSSR count). The average Bonchev–Trinajstić information content (AvgIpc) is 3.37. The molecule has 5 nitrogen and oxygen atoms in total. The Morgan fingerprint density at radius 2 is 1.57 bits per heavy atom. The fourth-order valence-electron chi connectivity index (χ4n) is 4.84. The van der Waals surface area contributed by atoms with Gasteiger partial charge in [-0.1, -0.05) is 92.3 Å². The first kappa shape index (κ1) is 24.9. The number of anilines is 1. The quantitative estimate of drug-likeness (QED) is 0.181. The summed E-state index contributed by atoms with van der Waals surface area (Å²) in [5, 5.41) is 11.8. The van der Waals surface area contributed by atoms with E-state index in [1.54, 1.807) is 12.1 Å². The fraction of sp³-hybridized carbons (Fsp3) is 0.258. The minimum Gasteiger partial charge on any atom is -0.507 e. The lowest BCUT2D eigenvalue weighted by molar-refractivity contribution is -0.132. The first-order chi connectivity index (χ1) is 17.5. The number of rotatable bonds is 3. The molecule has 1 amide bonds. The molecule has 0 bridgehead atoms. The van der Waals surface area contributed by atoms with Crippen molar-refractivity contribution in [2.75, 3.05) is 4.90 Å². The first-order valence-corrected chi connectivity index (χ1v) is 13.1. The summed E-state index contributed by atoms with van der Waals surface area (Å²) in [4.78, 5) is 33.3. The predicted molar refractivity (Wildman–Crippen MR) is 150 cm³/mol. The number of aliphatic hydroxyl groups excluding tert-OH is 1. The highest BCUT2D eigenvalue weighted by Gasteiger charge is 2.48. The molecule has 3 aromatic carbocycles. The number of hydrogen-bond acceptors (Lipinski definition) is 5. The molecule has 1 aliphatic heterocycles. The van der Waals surface area contributed by atoms with Crippen LogP contribution in [0.1, 0.15) is 60.2 Å². The second kappa shape index (κ2) is 8.96. The van der Waals surface area contributed by atoms with Crippen molar-refractivity contribution in [2.45, 2.75) is 53.0 Å². The van der Waals surface area contributed by atoms with Crippen LogP contribution in [0.25, 0.3) is 16.0 Å². The summed E-state index contributed by atoms with van der Waals surface area (Å²) in [6, 6.07) is 18.5. The standard InChI is InChI=1S/C31H30N2O3S/c1-17-7-9-21(10-8-17)27(34)24-26(20-11-13-22(14-12-20)31(4,5)6)33(29(36)28(24)35)30-32-25-19(3)15-18(2)16-23(25)37-30/h7-16,26,34H,1-6H3/t26-/m0/s1. The van der Waals surface area contributed by atoms with Crippen molar-refractivity contribution >= 4 is 44.1 Å². The van der Waals surface area contributed by atoms with Gasteiger partial charge in [-0.05, 0) is 54.5 Å². The third-order valence-electron chi connectivity index (χ3n) is 6.89. The number of thiazole rings is 1. The maximum atomic E-state index is 13.5. The van der Waals surface area contributed by atoms with Crippen LogP contribution in [0.15, 0.2) is 66.2 Å². The molecule has 0 aliphatic carbocycles. The second-order valence-corrected chi connectivity index (χ2v) is 11.8. The van der Waals surface area contributed by atoms with Crippen LogP contribution < -0.4 is 4.90 Å². The Labute approximate surface area is 221 Å². The van der Waals surface area contributed by atoms with E-state index in [1.165, 1.54) is 16.2 Å². The number of carbonyl (C=O) groups is 2. The fourth-order valence-corrected chi connectivity index (χ4v) is 6.01. The van der Waals surface area contributed by atoms with Gasteiger partial charge in [0.05, 0.1) is 21.8 Å². The minimum atomic E-state index is -0.794. The normalized spacial score (nSPS) is 17.7. The summed E-state index contributed by atoms with van der Waals surface area (Å²) >= 11 is 1.38. The molecule has 37 heavy (non-hydrogen) atoms. The summed E-state index contributed by atoms with van der Waals surface area (Å²) in [7, 11) is 0. The molecular weight excluding hydrogens is 480 g/mol. The summed E-state index contributed by atoms with van der Waals surface area (Å²) in [6.07, 6.45) is 0. The zero-order valence-corrected chi connectivity index (χ0v) is 22.7. The Kier molecular flexibility index (Phi) is 6.03. The van der Waals surface area contributed by atoms with E-state index in [2.05, 4.69) is 26.8 Å². The number of aromatic nitrogens is 1. The van der Waals surface area contributed by atoms with Gasteiger partial charge < -0.3 is 5.11 Å². The van der Waals surface area contributed by atoms with Gasteiger partial charge in [-0.2, -0.15) is 0 Å². The van der Waals surface area contributed by atoms with Gasteiger partial charge in [0.15, 0.2) is 5.13 Å². The van der Waals surface area contributed by atoms with Crippen LogP contribution in [0, 0.1) is 20.8 Å². The van der Waals surface area contributed by atoms with Crippen LogP contribution in [-0.2, 0) is 15.0 Å². The van der Waals surface area contributed by atoms with E-state index in [0.717, 1.165) is 38.0 Å². The second-order valence-electron chi connectivity index (χ2n) is 10.8. The number of carbonyl (C=O) groups excluding carboxylic acids is 2. The van der Waals surface area contributed by atoms with Gasteiger partial charge in [0, 0.05) is 5.56 Å². The number of benzene rings is 3. The van der Waals surface area contributed by atoms with Gasteiger partial charge in [0.1, 0.15) is 5.76 Å². The number of nitrogens with zero attached hydrogens (tertiary/aromatic N) is 2. The maximum absolute atomic E-state index is 13.5. The van der Waals surface area contributed by atoms with E-state index in [9.17, 15) is 14.7 Å². The first-order valence-electron chi connectivity index (χ1n) is 12.3. The number of ketones is 1. The van der Waals surface area contributed by atoms with Gasteiger partial charge in [-0.15, -0.1) is 0 Å². The van der Waals surface area contributed by atoms with Gasteiger partial charge in [0.2, 0.25) is 0 Å². The predicted octanol–water partition coefficient (Wildman–Crippen LogP) is 7.15. The molecule has 1 fully saturated rings. The number of fused-ring (bicyclic) bond motifs is 1. The van der Waals surface area contributed by atoms with Crippen LogP contribution in [0.2, 0.25) is 0 Å². The average molecular weight is 511 g/mol. The lowest BCUT2D eigenvalue weighted by Crippen LogP contribution is -2.29. The topological polar surface area (TPSA) is 70.5 Å².